The van der Waals surface area contributed by atoms with Crippen molar-refractivity contribution in [3.63, 3.8) is 0 Å². The van der Waals surface area contributed by atoms with Crippen LogP contribution in [-0.4, -0.2) is 10.8 Å². The van der Waals surface area contributed by atoms with E-state index in [1.54, 1.807) is 6.20 Å². The summed E-state index contributed by atoms with van der Waals surface area (Å²) in [5, 5.41) is 0. The molecule has 2 nitrogen and oxygen atoms in total. The van der Waals surface area contributed by atoms with Crippen molar-refractivity contribution in [2.45, 2.75) is 39.0 Å². The van der Waals surface area contributed by atoms with Crippen molar-refractivity contribution < 1.29 is 4.79 Å². The van der Waals surface area contributed by atoms with Crippen molar-refractivity contribution in [2.24, 2.45) is 0 Å². The van der Waals surface area contributed by atoms with Gasteiger partial charge in [-0.15, -0.1) is 0 Å². The van der Waals surface area contributed by atoms with Crippen molar-refractivity contribution >= 4 is 5.78 Å². The average Bonchev–Trinajstić information content (AvgIpc) is 2.94. The van der Waals surface area contributed by atoms with Gasteiger partial charge in [0.15, 0.2) is 5.78 Å². The molecule has 0 unspecified atom stereocenters. The Morgan fingerprint density at radius 2 is 2.05 bits per heavy atom. The molecule has 0 saturated heterocycles. The summed E-state index contributed by atoms with van der Waals surface area (Å²) in [4.78, 5) is 16.7. The Bertz CT molecular complexity index is 646. The summed E-state index contributed by atoms with van der Waals surface area (Å²) in [6.45, 7) is 2.06. The van der Waals surface area contributed by atoms with Gasteiger partial charge in [0.05, 0.1) is 0 Å². The van der Waals surface area contributed by atoms with Gasteiger partial charge in [-0.2, -0.15) is 0 Å². The fourth-order valence-electron chi connectivity index (χ4n) is 2.98. The van der Waals surface area contributed by atoms with Gasteiger partial charge in [0.1, 0.15) is 5.69 Å². The zero-order valence-electron chi connectivity index (χ0n) is 11.9. The van der Waals surface area contributed by atoms with Crippen LogP contribution in [0.3, 0.4) is 0 Å². The molecule has 0 amide bonds. The van der Waals surface area contributed by atoms with Crippen molar-refractivity contribution in [1.82, 2.24) is 4.98 Å². The Morgan fingerprint density at radius 3 is 2.90 bits per heavy atom. The number of rotatable bonds is 4. The van der Waals surface area contributed by atoms with Gasteiger partial charge in [-0.25, -0.2) is 0 Å². The van der Waals surface area contributed by atoms with E-state index < -0.39 is 0 Å². The number of ketones is 1. The van der Waals surface area contributed by atoms with Gasteiger partial charge in [0, 0.05) is 12.6 Å². The molecule has 2 heteroatoms. The highest BCUT2D eigenvalue weighted by molar-refractivity contribution is 5.97. The van der Waals surface area contributed by atoms with Crippen molar-refractivity contribution in [3.8, 4) is 0 Å². The number of fused-ring (bicyclic) bond motifs is 1. The second kappa shape index (κ2) is 5.58. The fraction of sp³-hybridized carbons (Fsp3) is 0.333. The van der Waals surface area contributed by atoms with E-state index in [2.05, 4.69) is 30.1 Å². The fourth-order valence-corrected chi connectivity index (χ4v) is 2.98. The SMILES string of the molecule is CCc1cccnc1C(=O)Cc1ccc2c(c1)CCC2. The quantitative estimate of drug-likeness (QED) is 0.791. The molecule has 1 aromatic heterocycles. The van der Waals surface area contributed by atoms with E-state index in [1.807, 2.05) is 12.1 Å². The number of hydrogen-bond donors (Lipinski definition) is 0. The first-order valence-corrected chi connectivity index (χ1v) is 7.35. The smallest absolute Gasteiger partial charge is 0.185 e. The van der Waals surface area contributed by atoms with E-state index in [0.29, 0.717) is 12.1 Å². The summed E-state index contributed by atoms with van der Waals surface area (Å²) >= 11 is 0. The third-order valence-corrected chi connectivity index (χ3v) is 4.06. The minimum Gasteiger partial charge on any atom is -0.292 e. The Morgan fingerprint density at radius 1 is 1.20 bits per heavy atom. The van der Waals surface area contributed by atoms with Gasteiger partial charge in [-0.3, -0.25) is 9.78 Å². The molecule has 1 heterocycles. The number of nitrogens with zero attached hydrogens (tertiary/aromatic N) is 1. The second-order valence-corrected chi connectivity index (χ2v) is 5.42. The molecule has 20 heavy (non-hydrogen) atoms. The molecule has 0 saturated carbocycles. The Labute approximate surface area is 119 Å². The van der Waals surface area contributed by atoms with Crippen molar-refractivity contribution in [2.75, 3.05) is 0 Å². The number of aryl methyl sites for hydroxylation is 3. The first kappa shape index (κ1) is 13.0. The lowest BCUT2D eigenvalue weighted by atomic mass is 9.99. The minimum atomic E-state index is 0.125. The predicted octanol–water partition coefficient (Wildman–Crippen LogP) is 3.56. The molecule has 0 atom stereocenters. The highest BCUT2D eigenvalue weighted by Crippen LogP contribution is 2.23. The molecule has 2 aromatic rings. The molecule has 1 aliphatic rings. The summed E-state index contributed by atoms with van der Waals surface area (Å²) in [7, 11) is 0. The minimum absolute atomic E-state index is 0.125. The Balaban J connectivity index is 1.82. The van der Waals surface area contributed by atoms with Crippen molar-refractivity contribution in [1.29, 1.82) is 0 Å². The van der Waals surface area contributed by atoms with Crippen LogP contribution in [0.2, 0.25) is 0 Å². The van der Waals surface area contributed by atoms with Crippen LogP contribution in [0.15, 0.2) is 36.5 Å². The lowest BCUT2D eigenvalue weighted by Crippen LogP contribution is -2.09. The first-order valence-electron chi connectivity index (χ1n) is 7.35. The van der Waals surface area contributed by atoms with Gasteiger partial charge >= 0.3 is 0 Å². The lowest BCUT2D eigenvalue weighted by Gasteiger charge is -2.07. The second-order valence-electron chi connectivity index (χ2n) is 5.42. The number of hydrogen-bond acceptors (Lipinski definition) is 2. The van der Waals surface area contributed by atoms with Crippen LogP contribution in [0.25, 0.3) is 0 Å². The van der Waals surface area contributed by atoms with Crippen LogP contribution in [0, 0.1) is 0 Å². The van der Waals surface area contributed by atoms with Crippen LogP contribution in [-0.2, 0) is 25.7 Å². The van der Waals surface area contributed by atoms with Crippen LogP contribution < -0.4 is 0 Å². The molecule has 0 bridgehead atoms. The molecule has 0 spiro atoms. The number of benzene rings is 1. The average molecular weight is 265 g/mol. The third kappa shape index (κ3) is 2.51. The van der Waals surface area contributed by atoms with E-state index in [4.69, 9.17) is 0 Å². The van der Waals surface area contributed by atoms with Gasteiger partial charge in [0.2, 0.25) is 0 Å². The summed E-state index contributed by atoms with van der Waals surface area (Å²) in [6, 6.07) is 10.4. The standard InChI is InChI=1S/C18H19NO/c1-2-14-7-4-10-19-18(14)17(20)12-13-8-9-15-5-3-6-16(15)11-13/h4,7-11H,2-3,5-6,12H2,1H3. The maximum Gasteiger partial charge on any atom is 0.185 e. The van der Waals surface area contributed by atoms with E-state index in [9.17, 15) is 4.79 Å². The number of carbonyl (C=O) groups excluding carboxylic acids is 1. The maximum atomic E-state index is 12.4. The number of pyridine rings is 1. The van der Waals surface area contributed by atoms with Crippen LogP contribution in [0.4, 0.5) is 0 Å². The zero-order chi connectivity index (χ0) is 13.9. The monoisotopic (exact) mass is 265 g/mol. The molecule has 0 aliphatic heterocycles. The summed E-state index contributed by atoms with van der Waals surface area (Å²) in [5.41, 5.74) is 5.66. The van der Waals surface area contributed by atoms with Gasteiger partial charge < -0.3 is 0 Å². The van der Waals surface area contributed by atoms with Gasteiger partial charge in [-0.1, -0.05) is 31.2 Å². The summed E-state index contributed by atoms with van der Waals surface area (Å²) in [5.74, 6) is 0.125. The largest absolute Gasteiger partial charge is 0.292 e. The molecule has 102 valence electrons. The van der Waals surface area contributed by atoms with Gasteiger partial charge in [-0.05, 0) is 54.0 Å². The molecule has 1 aromatic carbocycles. The maximum absolute atomic E-state index is 12.4. The van der Waals surface area contributed by atoms with Gasteiger partial charge in [0.25, 0.3) is 0 Å². The van der Waals surface area contributed by atoms with Crippen LogP contribution in [0.1, 0.15) is 46.1 Å². The number of aromatic nitrogens is 1. The van der Waals surface area contributed by atoms with E-state index in [-0.39, 0.29) is 5.78 Å². The van der Waals surface area contributed by atoms with E-state index in [0.717, 1.165) is 24.0 Å². The van der Waals surface area contributed by atoms with Crippen molar-refractivity contribution in [3.05, 3.63) is 64.5 Å². The molecule has 0 N–H and O–H groups in total. The first-order chi connectivity index (χ1) is 9.78. The topological polar surface area (TPSA) is 30.0 Å². The third-order valence-electron chi connectivity index (χ3n) is 4.06. The van der Waals surface area contributed by atoms with E-state index in [1.165, 1.54) is 24.0 Å². The summed E-state index contributed by atoms with van der Waals surface area (Å²) in [6.07, 6.45) is 6.59. The molecular formula is C18H19NO. The molecular weight excluding hydrogens is 246 g/mol. The number of Topliss-reactive ketones (excluding diaryl/α,β-unsaturated/α-hetero) is 1. The van der Waals surface area contributed by atoms with Crippen LogP contribution in [0.5, 0.6) is 0 Å². The molecule has 3 rings (SSSR count). The lowest BCUT2D eigenvalue weighted by molar-refractivity contribution is 0.0987. The Kier molecular flexibility index (Phi) is 3.64. The predicted molar refractivity (Wildman–Crippen MR) is 80.1 cm³/mol. The molecule has 0 fully saturated rings. The highest BCUT2D eigenvalue weighted by atomic mass is 16.1. The normalized spacial score (nSPS) is 13.2. The van der Waals surface area contributed by atoms with E-state index >= 15 is 0 Å². The molecule has 1 aliphatic carbocycles. The highest BCUT2D eigenvalue weighted by Gasteiger charge is 2.15. The zero-order valence-corrected chi connectivity index (χ0v) is 11.9. The summed E-state index contributed by atoms with van der Waals surface area (Å²) < 4.78 is 0. The molecule has 0 radical (unpaired) electrons. The van der Waals surface area contributed by atoms with Crippen LogP contribution >= 0.6 is 0 Å². The Hall–Kier alpha value is -1.96. The number of carbonyl (C=O) groups is 1.